The topological polar surface area (TPSA) is 43.7 Å². The molecule has 2 fully saturated rings. The third kappa shape index (κ3) is 3.43. The van der Waals surface area contributed by atoms with E-state index in [1.165, 1.54) is 12.8 Å². The predicted molar refractivity (Wildman–Crippen MR) is 68.8 cm³/mol. The molecule has 0 aromatic heterocycles. The van der Waals surface area contributed by atoms with Gasteiger partial charge in [-0.25, -0.2) is 0 Å². The highest BCUT2D eigenvalue weighted by molar-refractivity contribution is 4.88. The van der Waals surface area contributed by atoms with Crippen LogP contribution in [0.25, 0.3) is 0 Å². The van der Waals surface area contributed by atoms with Gasteiger partial charge in [0.15, 0.2) is 0 Å². The van der Waals surface area contributed by atoms with E-state index in [9.17, 15) is 10.2 Å². The summed E-state index contributed by atoms with van der Waals surface area (Å²) in [6.45, 7) is 5.50. The van der Waals surface area contributed by atoms with Crippen molar-refractivity contribution < 1.29 is 10.2 Å². The molecular weight excluding hydrogens is 214 g/mol. The van der Waals surface area contributed by atoms with Gasteiger partial charge < -0.3 is 15.1 Å². The van der Waals surface area contributed by atoms with Crippen LogP contribution in [0.3, 0.4) is 0 Å². The molecule has 0 spiro atoms. The Morgan fingerprint density at radius 3 is 2.53 bits per heavy atom. The number of nitrogens with zero attached hydrogens (tertiary/aromatic N) is 1. The molecule has 3 heteroatoms. The molecule has 2 aliphatic rings. The molecule has 0 aromatic carbocycles. The molecule has 0 aromatic rings. The molecule has 17 heavy (non-hydrogen) atoms. The Kier molecular flexibility index (Phi) is 4.45. The maximum atomic E-state index is 9.74. The van der Waals surface area contributed by atoms with Crippen molar-refractivity contribution in [1.82, 2.24) is 4.90 Å². The zero-order valence-electron chi connectivity index (χ0n) is 11.1. The molecule has 1 saturated heterocycles. The fraction of sp³-hybridized carbons (Fsp3) is 1.00. The van der Waals surface area contributed by atoms with E-state index in [1.54, 1.807) is 0 Å². The molecular formula is C14H27NO2. The lowest BCUT2D eigenvalue weighted by Crippen LogP contribution is -2.47. The van der Waals surface area contributed by atoms with Crippen LogP contribution in [0.5, 0.6) is 0 Å². The minimum atomic E-state index is -0.151. The Morgan fingerprint density at radius 2 is 1.94 bits per heavy atom. The first-order valence-electron chi connectivity index (χ1n) is 7.15. The monoisotopic (exact) mass is 241 g/mol. The molecule has 0 radical (unpaired) electrons. The van der Waals surface area contributed by atoms with E-state index in [0.717, 1.165) is 51.2 Å². The molecule has 1 aliphatic carbocycles. The number of rotatable bonds is 3. The van der Waals surface area contributed by atoms with Gasteiger partial charge in [0.2, 0.25) is 0 Å². The van der Waals surface area contributed by atoms with Gasteiger partial charge in [0.25, 0.3) is 0 Å². The van der Waals surface area contributed by atoms with Crippen LogP contribution in [0.2, 0.25) is 0 Å². The first kappa shape index (κ1) is 13.3. The number of β-amino-alcohol motifs (C(OH)–C–C–N with tert-alkyl or cyclic N) is 1. The van der Waals surface area contributed by atoms with Gasteiger partial charge in [0.05, 0.1) is 6.10 Å². The van der Waals surface area contributed by atoms with E-state index in [4.69, 9.17) is 0 Å². The van der Waals surface area contributed by atoms with Crippen molar-refractivity contribution in [3.05, 3.63) is 0 Å². The number of likely N-dealkylation sites (tertiary alicyclic amines) is 1. The van der Waals surface area contributed by atoms with Gasteiger partial charge in [-0.15, -0.1) is 0 Å². The third-order valence-electron chi connectivity index (χ3n) is 4.71. The Hall–Kier alpha value is -0.120. The number of hydrogen-bond acceptors (Lipinski definition) is 3. The summed E-state index contributed by atoms with van der Waals surface area (Å²) in [5.41, 5.74) is 0.115. The van der Waals surface area contributed by atoms with Crippen molar-refractivity contribution in [3.63, 3.8) is 0 Å². The summed E-state index contributed by atoms with van der Waals surface area (Å²) in [5, 5.41) is 19.4. The lowest BCUT2D eigenvalue weighted by atomic mass is 9.71. The van der Waals surface area contributed by atoms with Crippen LogP contribution >= 0.6 is 0 Å². The van der Waals surface area contributed by atoms with Crippen LogP contribution in [0.15, 0.2) is 0 Å². The van der Waals surface area contributed by atoms with E-state index in [1.807, 2.05) is 0 Å². The molecule has 100 valence electrons. The van der Waals surface area contributed by atoms with Crippen molar-refractivity contribution in [2.45, 2.75) is 51.6 Å². The second-order valence-corrected chi connectivity index (χ2v) is 6.37. The van der Waals surface area contributed by atoms with Crippen molar-refractivity contribution in [3.8, 4) is 0 Å². The average molecular weight is 241 g/mol. The van der Waals surface area contributed by atoms with Crippen molar-refractivity contribution in [2.24, 2.45) is 11.3 Å². The number of aliphatic hydroxyl groups is 2. The molecule has 2 rings (SSSR count). The molecule has 3 nitrogen and oxygen atoms in total. The third-order valence-corrected chi connectivity index (χ3v) is 4.71. The molecule has 2 N–H and O–H groups in total. The Morgan fingerprint density at radius 1 is 1.24 bits per heavy atom. The quantitative estimate of drug-likeness (QED) is 0.789. The van der Waals surface area contributed by atoms with Crippen molar-refractivity contribution in [1.29, 1.82) is 0 Å². The van der Waals surface area contributed by atoms with E-state index in [2.05, 4.69) is 11.8 Å². The van der Waals surface area contributed by atoms with E-state index in [-0.39, 0.29) is 11.5 Å². The number of hydrogen-bond donors (Lipinski definition) is 2. The molecule has 1 heterocycles. The van der Waals surface area contributed by atoms with Gasteiger partial charge in [-0.05, 0) is 38.1 Å². The normalized spacial score (nSPS) is 40.4. The van der Waals surface area contributed by atoms with E-state index < -0.39 is 0 Å². The molecule has 0 amide bonds. The Balaban J connectivity index is 1.90. The Labute approximate surface area is 105 Å². The van der Waals surface area contributed by atoms with Crippen LogP contribution < -0.4 is 0 Å². The van der Waals surface area contributed by atoms with Gasteiger partial charge in [-0.2, -0.15) is 0 Å². The summed E-state index contributed by atoms with van der Waals surface area (Å²) in [4.78, 5) is 2.36. The number of aliphatic hydroxyl groups excluding tert-OH is 2. The maximum Gasteiger partial charge on any atom is 0.0667 e. The maximum absolute atomic E-state index is 9.74. The van der Waals surface area contributed by atoms with Crippen LogP contribution in [0.1, 0.15) is 45.4 Å². The summed E-state index contributed by atoms with van der Waals surface area (Å²) < 4.78 is 0. The predicted octanol–water partition coefficient (Wildman–Crippen LogP) is 1.63. The smallest absolute Gasteiger partial charge is 0.0667 e. The molecule has 1 atom stereocenters. The van der Waals surface area contributed by atoms with E-state index in [0.29, 0.717) is 6.61 Å². The summed E-state index contributed by atoms with van der Waals surface area (Å²) in [6, 6.07) is 0. The fourth-order valence-electron chi connectivity index (χ4n) is 3.39. The summed E-state index contributed by atoms with van der Waals surface area (Å²) in [5.74, 6) is 0.821. The largest absolute Gasteiger partial charge is 0.396 e. The zero-order chi connectivity index (χ0) is 12.3. The zero-order valence-corrected chi connectivity index (χ0v) is 11.1. The lowest BCUT2D eigenvalue weighted by Gasteiger charge is -2.43. The summed E-state index contributed by atoms with van der Waals surface area (Å²) >= 11 is 0. The van der Waals surface area contributed by atoms with Gasteiger partial charge in [0, 0.05) is 25.1 Å². The SMILES string of the molecule is CC1CCC(CO)(CN2CCCC(O)C2)CC1. The van der Waals surface area contributed by atoms with Crippen molar-refractivity contribution >= 4 is 0 Å². The van der Waals surface area contributed by atoms with E-state index >= 15 is 0 Å². The first-order valence-corrected chi connectivity index (χ1v) is 7.15. The average Bonchev–Trinajstić information content (AvgIpc) is 2.33. The summed E-state index contributed by atoms with van der Waals surface area (Å²) in [6.07, 6.45) is 6.68. The first-order chi connectivity index (χ1) is 8.13. The number of piperidine rings is 1. The van der Waals surface area contributed by atoms with Crippen molar-refractivity contribution in [2.75, 3.05) is 26.2 Å². The minimum Gasteiger partial charge on any atom is -0.396 e. The Bertz CT molecular complexity index is 236. The standard InChI is InChI=1S/C14H27NO2/c1-12-4-6-14(11-16,7-5-12)10-15-8-2-3-13(17)9-15/h12-13,16-17H,2-11H2,1H3. The second kappa shape index (κ2) is 5.68. The molecule has 1 unspecified atom stereocenters. The molecule has 0 bridgehead atoms. The van der Waals surface area contributed by atoms with Gasteiger partial charge in [0.1, 0.15) is 0 Å². The highest BCUT2D eigenvalue weighted by Crippen LogP contribution is 2.39. The van der Waals surface area contributed by atoms with Gasteiger partial charge in [-0.1, -0.05) is 19.8 Å². The minimum absolute atomic E-state index is 0.115. The molecule has 1 saturated carbocycles. The van der Waals surface area contributed by atoms with Crippen LogP contribution in [-0.2, 0) is 0 Å². The van der Waals surface area contributed by atoms with Crippen LogP contribution in [0.4, 0.5) is 0 Å². The summed E-state index contributed by atoms with van der Waals surface area (Å²) in [7, 11) is 0. The highest BCUT2D eigenvalue weighted by Gasteiger charge is 2.36. The second-order valence-electron chi connectivity index (χ2n) is 6.37. The lowest BCUT2D eigenvalue weighted by molar-refractivity contribution is -0.00172. The van der Waals surface area contributed by atoms with Gasteiger partial charge in [-0.3, -0.25) is 0 Å². The van der Waals surface area contributed by atoms with Crippen LogP contribution in [-0.4, -0.2) is 47.5 Å². The van der Waals surface area contributed by atoms with Crippen LogP contribution in [0, 0.1) is 11.3 Å². The highest BCUT2D eigenvalue weighted by atomic mass is 16.3. The molecule has 1 aliphatic heterocycles. The fourth-order valence-corrected chi connectivity index (χ4v) is 3.39. The van der Waals surface area contributed by atoms with Gasteiger partial charge >= 0.3 is 0 Å².